The summed E-state index contributed by atoms with van der Waals surface area (Å²) < 4.78 is 81.3. The first-order valence-electron chi connectivity index (χ1n) is 11.8. The van der Waals surface area contributed by atoms with Gasteiger partial charge in [0.25, 0.3) is 0 Å². The Bertz CT molecular complexity index is 1270. The summed E-state index contributed by atoms with van der Waals surface area (Å²) in [5.74, 6) is -2.72. The second kappa shape index (κ2) is 12.7. The van der Waals surface area contributed by atoms with Crippen molar-refractivity contribution >= 4 is 13.4 Å². The van der Waals surface area contributed by atoms with Crippen LogP contribution in [0.25, 0.3) is 11.1 Å². The third kappa shape index (κ3) is 7.29. The minimum atomic E-state index is -4.41. The summed E-state index contributed by atoms with van der Waals surface area (Å²) in [6.45, 7) is 3.15. The van der Waals surface area contributed by atoms with E-state index in [2.05, 4.69) is 0 Å². The predicted molar refractivity (Wildman–Crippen MR) is 134 cm³/mol. The molecule has 0 aliphatic carbocycles. The number of hydrogen-bond acceptors (Lipinski definition) is 6. The quantitative estimate of drug-likeness (QED) is 0.143. The van der Waals surface area contributed by atoms with Crippen LogP contribution in [0.5, 0.6) is 5.75 Å². The molecule has 1 atom stereocenters. The Morgan fingerprint density at radius 3 is 1.97 bits per heavy atom. The Balaban J connectivity index is 1.58. The van der Waals surface area contributed by atoms with Gasteiger partial charge in [-0.3, -0.25) is 9.36 Å². The van der Waals surface area contributed by atoms with Gasteiger partial charge in [0, 0.05) is 6.42 Å². The number of hydrogen-bond donors (Lipinski definition) is 1. The molecule has 1 N–H and O–H groups in total. The molecule has 0 amide bonds. The number of alkyl halides is 3. The van der Waals surface area contributed by atoms with Crippen molar-refractivity contribution in [1.82, 2.24) is 0 Å². The average molecular weight is 554 g/mol. The summed E-state index contributed by atoms with van der Waals surface area (Å²) in [5.41, 5.74) is 0.287. The highest BCUT2D eigenvalue weighted by Crippen LogP contribution is 2.59. The number of benzene rings is 3. The van der Waals surface area contributed by atoms with Crippen LogP contribution in [0.4, 0.5) is 17.6 Å². The first-order chi connectivity index (χ1) is 18.0. The SMILES string of the molecule is CCOP(=O)(OCC)C(O)c1ccc(C(=O)CCOc2ccc(-c3ccc(C(F)(F)F)cc3)cc2)c(F)c1. The van der Waals surface area contributed by atoms with Crippen molar-refractivity contribution in [2.24, 2.45) is 0 Å². The third-order valence-electron chi connectivity index (χ3n) is 5.51. The van der Waals surface area contributed by atoms with Crippen LogP contribution >= 0.6 is 7.60 Å². The van der Waals surface area contributed by atoms with Crippen molar-refractivity contribution in [1.29, 1.82) is 0 Å². The lowest BCUT2D eigenvalue weighted by Gasteiger charge is -2.22. The smallest absolute Gasteiger partial charge is 0.416 e. The monoisotopic (exact) mass is 554 g/mol. The fourth-order valence-electron chi connectivity index (χ4n) is 3.63. The topological polar surface area (TPSA) is 82.1 Å². The van der Waals surface area contributed by atoms with Crippen LogP contribution in [0, 0.1) is 5.82 Å². The maximum Gasteiger partial charge on any atom is 0.416 e. The second-order valence-corrected chi connectivity index (χ2v) is 10.2. The molecule has 3 aromatic carbocycles. The van der Waals surface area contributed by atoms with Gasteiger partial charge < -0.3 is 18.9 Å². The molecule has 0 saturated heterocycles. The van der Waals surface area contributed by atoms with Crippen molar-refractivity contribution in [3.05, 3.63) is 89.2 Å². The Labute approximate surface area is 217 Å². The van der Waals surface area contributed by atoms with Gasteiger partial charge in [-0.1, -0.05) is 30.3 Å². The molecule has 0 aromatic heterocycles. The Hall–Kier alpha value is -3.04. The molecule has 11 heteroatoms. The number of Topliss-reactive ketones (excluding diaryl/α,β-unsaturated/α-hetero) is 1. The van der Waals surface area contributed by atoms with Gasteiger partial charge in [-0.25, -0.2) is 4.39 Å². The number of halogens is 4. The van der Waals surface area contributed by atoms with E-state index in [1.54, 1.807) is 38.1 Å². The zero-order valence-corrected chi connectivity index (χ0v) is 21.6. The summed E-state index contributed by atoms with van der Waals surface area (Å²) in [7, 11) is -3.94. The molecule has 204 valence electrons. The van der Waals surface area contributed by atoms with Crippen LogP contribution in [0.15, 0.2) is 66.7 Å². The molecule has 0 heterocycles. The normalized spacial score (nSPS) is 12.8. The molecule has 0 aliphatic rings. The molecular weight excluding hydrogens is 527 g/mol. The average Bonchev–Trinajstić information content (AvgIpc) is 2.88. The van der Waals surface area contributed by atoms with Gasteiger partial charge in [0.1, 0.15) is 11.6 Å². The van der Waals surface area contributed by atoms with Gasteiger partial charge in [-0.2, -0.15) is 13.2 Å². The zero-order chi connectivity index (χ0) is 27.9. The molecule has 38 heavy (non-hydrogen) atoms. The van der Waals surface area contributed by atoms with E-state index >= 15 is 0 Å². The predicted octanol–water partition coefficient (Wildman–Crippen LogP) is 7.42. The molecule has 0 aliphatic heterocycles. The Morgan fingerprint density at radius 2 is 1.47 bits per heavy atom. The van der Waals surface area contributed by atoms with E-state index in [0.717, 1.165) is 18.2 Å². The second-order valence-electron chi connectivity index (χ2n) is 8.11. The number of aliphatic hydroxyl groups excluding tert-OH is 1. The van der Waals surface area contributed by atoms with Gasteiger partial charge in [0.05, 0.1) is 30.9 Å². The van der Waals surface area contributed by atoms with Crippen LogP contribution < -0.4 is 4.74 Å². The molecule has 0 fully saturated rings. The number of rotatable bonds is 12. The van der Waals surface area contributed by atoms with E-state index in [1.807, 2.05) is 0 Å². The third-order valence-corrected chi connectivity index (χ3v) is 7.64. The standard InChI is InChI=1S/C27H27F4O6P/c1-3-36-38(34,37-4-2)26(33)20-9-14-23(24(28)17-20)25(32)15-16-35-22-12-7-19(8-13-22)18-5-10-21(11-6-18)27(29,30)31/h5-14,17,26,33H,3-4,15-16H2,1-2H3. The first kappa shape index (κ1) is 29.5. The number of carbonyl (C=O) groups is 1. The molecule has 3 rings (SSSR count). The van der Waals surface area contributed by atoms with Crippen molar-refractivity contribution in [3.63, 3.8) is 0 Å². The largest absolute Gasteiger partial charge is 0.493 e. The van der Waals surface area contributed by atoms with E-state index in [9.17, 15) is 32.0 Å². The highest BCUT2D eigenvalue weighted by molar-refractivity contribution is 7.54. The zero-order valence-electron chi connectivity index (χ0n) is 20.7. The minimum Gasteiger partial charge on any atom is -0.493 e. The van der Waals surface area contributed by atoms with Crippen LogP contribution in [-0.4, -0.2) is 30.7 Å². The van der Waals surface area contributed by atoms with Crippen molar-refractivity contribution in [2.75, 3.05) is 19.8 Å². The summed E-state index contributed by atoms with van der Waals surface area (Å²) in [6.07, 6.45) is -4.55. The van der Waals surface area contributed by atoms with Crippen LogP contribution in [-0.2, 0) is 19.8 Å². The Morgan fingerprint density at radius 1 is 0.921 bits per heavy atom. The maximum atomic E-state index is 14.7. The summed E-state index contributed by atoms with van der Waals surface area (Å²) in [6, 6.07) is 14.7. The van der Waals surface area contributed by atoms with Gasteiger partial charge in [-0.15, -0.1) is 0 Å². The molecule has 0 radical (unpaired) electrons. The number of carbonyl (C=O) groups excluding carboxylic acids is 1. The van der Waals surface area contributed by atoms with E-state index in [4.69, 9.17) is 13.8 Å². The molecule has 1 unspecified atom stereocenters. The lowest BCUT2D eigenvalue weighted by Crippen LogP contribution is -2.10. The van der Waals surface area contributed by atoms with Gasteiger partial charge in [0.2, 0.25) is 0 Å². The molecule has 0 spiro atoms. The van der Waals surface area contributed by atoms with Gasteiger partial charge in [0.15, 0.2) is 11.6 Å². The van der Waals surface area contributed by atoms with Crippen molar-refractivity contribution in [3.8, 4) is 16.9 Å². The summed E-state index contributed by atoms with van der Waals surface area (Å²) in [5, 5.41) is 10.4. The maximum absolute atomic E-state index is 14.7. The molecular formula is C27H27F4O6P. The number of aliphatic hydroxyl groups is 1. The lowest BCUT2D eigenvalue weighted by atomic mass is 10.0. The molecule has 0 bridgehead atoms. The van der Waals surface area contributed by atoms with Gasteiger partial charge in [-0.05, 0) is 66.9 Å². The minimum absolute atomic E-state index is 0.0190. The number of ketones is 1. The molecule has 6 nitrogen and oxygen atoms in total. The highest BCUT2D eigenvalue weighted by Gasteiger charge is 2.36. The van der Waals surface area contributed by atoms with Crippen molar-refractivity contribution in [2.45, 2.75) is 32.3 Å². The fourth-order valence-corrected chi connectivity index (χ4v) is 5.23. The van der Waals surface area contributed by atoms with Gasteiger partial charge >= 0.3 is 13.8 Å². The van der Waals surface area contributed by atoms with E-state index in [-0.39, 0.29) is 37.4 Å². The first-order valence-corrected chi connectivity index (χ1v) is 13.4. The molecule has 0 saturated carbocycles. The van der Waals surface area contributed by atoms with Crippen LogP contribution in [0.3, 0.4) is 0 Å². The van der Waals surface area contributed by atoms with E-state index in [0.29, 0.717) is 16.9 Å². The van der Waals surface area contributed by atoms with Crippen LogP contribution in [0.2, 0.25) is 0 Å². The Kier molecular flexibility index (Phi) is 9.84. The highest BCUT2D eigenvalue weighted by atomic mass is 31.2. The summed E-state index contributed by atoms with van der Waals surface area (Å²) >= 11 is 0. The molecule has 3 aromatic rings. The lowest BCUT2D eigenvalue weighted by molar-refractivity contribution is -0.137. The number of ether oxygens (including phenoxy) is 1. The van der Waals surface area contributed by atoms with Crippen molar-refractivity contribution < 1.29 is 45.8 Å². The fraction of sp³-hybridized carbons (Fsp3) is 0.296. The van der Waals surface area contributed by atoms with Crippen LogP contribution in [0.1, 0.15) is 47.6 Å². The van der Waals surface area contributed by atoms with E-state index in [1.165, 1.54) is 24.3 Å². The van der Waals surface area contributed by atoms with E-state index < -0.39 is 36.8 Å². The summed E-state index contributed by atoms with van der Waals surface area (Å²) in [4.78, 5) is 12.5.